The molecule has 0 spiro atoms. The first-order chi connectivity index (χ1) is 8.11. The summed E-state index contributed by atoms with van der Waals surface area (Å²) in [5.41, 5.74) is 1.23. The molecule has 2 unspecified atom stereocenters. The van der Waals surface area contributed by atoms with Crippen LogP contribution in [0.4, 0.5) is 0 Å². The Hall–Kier alpha value is -0.390. The SMILES string of the molecule is CCNC(C)C(C)c1c(Br)cnn1CCOC. The molecule has 0 amide bonds. The summed E-state index contributed by atoms with van der Waals surface area (Å²) in [5.74, 6) is 0.406. The summed E-state index contributed by atoms with van der Waals surface area (Å²) in [6, 6.07) is 0.425. The quantitative estimate of drug-likeness (QED) is 0.841. The maximum Gasteiger partial charge on any atom is 0.0658 e. The molecule has 1 aromatic rings. The first kappa shape index (κ1) is 14.7. The van der Waals surface area contributed by atoms with Gasteiger partial charge in [0.05, 0.1) is 29.5 Å². The van der Waals surface area contributed by atoms with E-state index in [1.54, 1.807) is 7.11 Å². The van der Waals surface area contributed by atoms with E-state index in [4.69, 9.17) is 4.74 Å². The monoisotopic (exact) mass is 303 g/mol. The van der Waals surface area contributed by atoms with Crippen molar-refractivity contribution >= 4 is 15.9 Å². The van der Waals surface area contributed by atoms with E-state index in [9.17, 15) is 0 Å². The zero-order chi connectivity index (χ0) is 12.8. The van der Waals surface area contributed by atoms with Crippen LogP contribution in [-0.2, 0) is 11.3 Å². The van der Waals surface area contributed by atoms with Gasteiger partial charge in [-0.25, -0.2) is 0 Å². The number of aromatic nitrogens is 2. The largest absolute Gasteiger partial charge is 0.383 e. The molecule has 17 heavy (non-hydrogen) atoms. The first-order valence-electron chi connectivity index (χ1n) is 6.05. The molecule has 0 bridgehead atoms. The predicted molar refractivity (Wildman–Crippen MR) is 73.4 cm³/mol. The number of rotatable bonds is 7. The maximum atomic E-state index is 5.11. The second-order valence-electron chi connectivity index (χ2n) is 4.23. The minimum absolute atomic E-state index is 0.406. The van der Waals surface area contributed by atoms with Crippen LogP contribution in [-0.4, -0.2) is 36.1 Å². The Morgan fingerprint density at radius 3 is 2.82 bits per heavy atom. The van der Waals surface area contributed by atoms with E-state index in [1.165, 1.54) is 5.69 Å². The third-order valence-corrected chi connectivity index (χ3v) is 3.66. The van der Waals surface area contributed by atoms with Gasteiger partial charge in [-0.3, -0.25) is 4.68 Å². The molecule has 0 fully saturated rings. The standard InChI is InChI=1S/C12H22BrN3O/c1-5-14-10(3)9(2)12-11(13)8-15-16(12)6-7-17-4/h8-10,14H,5-7H2,1-4H3. The lowest BCUT2D eigenvalue weighted by molar-refractivity contribution is 0.181. The first-order valence-corrected chi connectivity index (χ1v) is 6.84. The zero-order valence-corrected chi connectivity index (χ0v) is 12.6. The molecule has 0 saturated heterocycles. The van der Waals surface area contributed by atoms with Crippen LogP contribution in [0.3, 0.4) is 0 Å². The second kappa shape index (κ2) is 7.13. The van der Waals surface area contributed by atoms with Crippen LogP contribution in [0.5, 0.6) is 0 Å². The molecule has 1 heterocycles. The lowest BCUT2D eigenvalue weighted by Crippen LogP contribution is -2.32. The Morgan fingerprint density at radius 1 is 1.53 bits per heavy atom. The fourth-order valence-electron chi connectivity index (χ4n) is 1.92. The van der Waals surface area contributed by atoms with Crippen molar-refractivity contribution in [3.8, 4) is 0 Å². The molecule has 1 aromatic heterocycles. The fraction of sp³-hybridized carbons (Fsp3) is 0.750. The number of hydrogen-bond acceptors (Lipinski definition) is 3. The number of nitrogens with one attached hydrogen (secondary N) is 1. The van der Waals surface area contributed by atoms with Gasteiger partial charge in [0.2, 0.25) is 0 Å². The van der Waals surface area contributed by atoms with Crippen molar-refractivity contribution < 1.29 is 4.74 Å². The topological polar surface area (TPSA) is 39.1 Å². The highest BCUT2D eigenvalue weighted by Gasteiger charge is 2.20. The van der Waals surface area contributed by atoms with E-state index in [-0.39, 0.29) is 0 Å². The van der Waals surface area contributed by atoms with E-state index in [2.05, 4.69) is 47.1 Å². The van der Waals surface area contributed by atoms with Gasteiger partial charge in [0, 0.05) is 19.1 Å². The molecule has 0 aliphatic carbocycles. The number of ether oxygens (including phenoxy) is 1. The van der Waals surface area contributed by atoms with Gasteiger partial charge < -0.3 is 10.1 Å². The van der Waals surface area contributed by atoms with E-state index in [0.717, 1.165) is 17.6 Å². The summed E-state index contributed by atoms with van der Waals surface area (Å²) in [6.45, 7) is 9.01. The lowest BCUT2D eigenvalue weighted by Gasteiger charge is -2.22. The molecule has 0 aromatic carbocycles. The Labute approximate surface area is 112 Å². The number of likely N-dealkylation sites (N-methyl/N-ethyl adjacent to an activating group) is 1. The van der Waals surface area contributed by atoms with E-state index in [1.807, 2.05) is 10.9 Å². The van der Waals surface area contributed by atoms with Crippen LogP contribution >= 0.6 is 15.9 Å². The zero-order valence-electron chi connectivity index (χ0n) is 11.0. The number of methoxy groups -OCH3 is 1. The highest BCUT2D eigenvalue weighted by atomic mass is 79.9. The highest BCUT2D eigenvalue weighted by molar-refractivity contribution is 9.10. The van der Waals surface area contributed by atoms with Gasteiger partial charge in [-0.2, -0.15) is 5.10 Å². The minimum Gasteiger partial charge on any atom is -0.383 e. The van der Waals surface area contributed by atoms with E-state index >= 15 is 0 Å². The van der Waals surface area contributed by atoms with Crippen LogP contribution in [0.2, 0.25) is 0 Å². The summed E-state index contributed by atoms with van der Waals surface area (Å²) in [6.07, 6.45) is 1.86. The Morgan fingerprint density at radius 2 is 2.24 bits per heavy atom. The Bertz CT molecular complexity index is 340. The number of halogens is 1. The van der Waals surface area contributed by atoms with Gasteiger partial charge in [-0.05, 0) is 29.4 Å². The third kappa shape index (κ3) is 3.79. The average molecular weight is 304 g/mol. The van der Waals surface area contributed by atoms with E-state index < -0.39 is 0 Å². The molecular formula is C12H22BrN3O. The molecule has 2 atom stereocenters. The van der Waals surface area contributed by atoms with Crippen LogP contribution in [0.25, 0.3) is 0 Å². The predicted octanol–water partition coefficient (Wildman–Crippen LogP) is 2.39. The van der Waals surface area contributed by atoms with Gasteiger partial charge in [-0.15, -0.1) is 0 Å². The van der Waals surface area contributed by atoms with Crippen molar-refractivity contribution in [1.82, 2.24) is 15.1 Å². The van der Waals surface area contributed by atoms with Crippen molar-refractivity contribution in [3.05, 3.63) is 16.4 Å². The van der Waals surface area contributed by atoms with Crippen molar-refractivity contribution in [2.75, 3.05) is 20.3 Å². The summed E-state index contributed by atoms with van der Waals surface area (Å²) in [5, 5.41) is 7.83. The van der Waals surface area contributed by atoms with Gasteiger partial charge in [0.15, 0.2) is 0 Å². The highest BCUT2D eigenvalue weighted by Crippen LogP contribution is 2.27. The summed E-state index contributed by atoms with van der Waals surface area (Å²) >= 11 is 3.58. The van der Waals surface area contributed by atoms with Crippen molar-refractivity contribution in [2.24, 2.45) is 0 Å². The maximum absolute atomic E-state index is 5.11. The van der Waals surface area contributed by atoms with Crippen LogP contribution in [0.15, 0.2) is 10.7 Å². The molecule has 98 valence electrons. The molecular weight excluding hydrogens is 282 g/mol. The van der Waals surface area contributed by atoms with E-state index in [0.29, 0.717) is 18.6 Å². The minimum atomic E-state index is 0.406. The molecule has 4 nitrogen and oxygen atoms in total. The molecule has 0 radical (unpaired) electrons. The van der Waals surface area contributed by atoms with Crippen LogP contribution < -0.4 is 5.32 Å². The lowest BCUT2D eigenvalue weighted by atomic mass is 9.99. The van der Waals surface area contributed by atoms with Gasteiger partial charge in [-0.1, -0.05) is 13.8 Å². The molecule has 5 heteroatoms. The molecule has 0 saturated carbocycles. The van der Waals surface area contributed by atoms with Gasteiger partial charge in [0.1, 0.15) is 0 Å². The smallest absolute Gasteiger partial charge is 0.0658 e. The molecule has 0 aliphatic heterocycles. The van der Waals surface area contributed by atoms with Crippen LogP contribution in [0.1, 0.15) is 32.4 Å². The second-order valence-corrected chi connectivity index (χ2v) is 5.08. The van der Waals surface area contributed by atoms with Crippen molar-refractivity contribution in [3.63, 3.8) is 0 Å². The average Bonchev–Trinajstić information content (AvgIpc) is 2.67. The van der Waals surface area contributed by atoms with Gasteiger partial charge >= 0.3 is 0 Å². The number of nitrogens with zero attached hydrogens (tertiary/aromatic N) is 2. The molecule has 1 rings (SSSR count). The van der Waals surface area contributed by atoms with Crippen molar-refractivity contribution in [2.45, 2.75) is 39.3 Å². The normalized spacial score (nSPS) is 14.9. The molecule has 1 N–H and O–H groups in total. The summed E-state index contributed by atoms with van der Waals surface area (Å²) in [4.78, 5) is 0. The van der Waals surface area contributed by atoms with Crippen LogP contribution in [0, 0.1) is 0 Å². The molecule has 0 aliphatic rings. The fourth-order valence-corrected chi connectivity index (χ4v) is 2.57. The van der Waals surface area contributed by atoms with Crippen molar-refractivity contribution in [1.29, 1.82) is 0 Å². The summed E-state index contributed by atoms with van der Waals surface area (Å²) in [7, 11) is 1.71. The Kier molecular flexibility index (Phi) is 6.16. The number of hydrogen-bond donors (Lipinski definition) is 1. The third-order valence-electron chi connectivity index (χ3n) is 3.05. The van der Waals surface area contributed by atoms with Gasteiger partial charge in [0.25, 0.3) is 0 Å². The summed E-state index contributed by atoms with van der Waals surface area (Å²) < 4.78 is 8.20. The Balaban J connectivity index is 2.83.